The van der Waals surface area contributed by atoms with Crippen molar-refractivity contribution in [1.29, 1.82) is 0 Å². The van der Waals surface area contributed by atoms with E-state index in [2.05, 4.69) is 17.4 Å². The lowest BCUT2D eigenvalue weighted by atomic mass is 10.0. The minimum absolute atomic E-state index is 0.158. The predicted molar refractivity (Wildman–Crippen MR) is 51.1 cm³/mol. The van der Waals surface area contributed by atoms with Crippen molar-refractivity contribution in [1.82, 2.24) is 5.32 Å². The van der Waals surface area contributed by atoms with Crippen LogP contribution in [0.3, 0.4) is 0 Å². The van der Waals surface area contributed by atoms with Gasteiger partial charge in [-0.05, 0) is 12.0 Å². The van der Waals surface area contributed by atoms with Crippen LogP contribution in [0.5, 0.6) is 0 Å². The van der Waals surface area contributed by atoms with E-state index >= 15 is 0 Å². The zero-order valence-corrected chi connectivity index (χ0v) is 7.66. The van der Waals surface area contributed by atoms with Crippen LogP contribution >= 0.6 is 0 Å². The summed E-state index contributed by atoms with van der Waals surface area (Å²) in [7, 11) is 0. The van der Waals surface area contributed by atoms with Gasteiger partial charge in [-0.15, -0.1) is 0 Å². The van der Waals surface area contributed by atoms with Gasteiger partial charge in [0.25, 0.3) is 0 Å². The lowest BCUT2D eigenvalue weighted by Gasteiger charge is -2.08. The normalized spacial score (nSPS) is 27.3. The van der Waals surface area contributed by atoms with Crippen LogP contribution in [0.4, 0.5) is 0 Å². The zero-order valence-electron chi connectivity index (χ0n) is 7.66. The molecule has 68 valence electrons. The molecule has 13 heavy (non-hydrogen) atoms. The molecule has 2 atom stereocenters. The fourth-order valence-electron chi connectivity index (χ4n) is 1.74. The van der Waals surface area contributed by atoms with E-state index in [4.69, 9.17) is 0 Å². The Labute approximate surface area is 78.0 Å². The SMILES string of the molecule is C[C@@H]1CC(c2ccccc2)NC1=O. The summed E-state index contributed by atoms with van der Waals surface area (Å²) in [5.41, 5.74) is 1.21. The largest absolute Gasteiger partial charge is 0.349 e. The number of benzene rings is 1. The van der Waals surface area contributed by atoms with E-state index in [1.54, 1.807) is 0 Å². The van der Waals surface area contributed by atoms with Gasteiger partial charge < -0.3 is 5.32 Å². The Kier molecular flexibility index (Phi) is 2.05. The van der Waals surface area contributed by atoms with Gasteiger partial charge in [-0.1, -0.05) is 37.3 Å². The minimum Gasteiger partial charge on any atom is -0.349 e. The molecule has 1 aliphatic rings. The molecule has 1 heterocycles. The summed E-state index contributed by atoms with van der Waals surface area (Å²) in [5.74, 6) is 0.332. The van der Waals surface area contributed by atoms with Gasteiger partial charge in [0.05, 0.1) is 6.04 Å². The number of rotatable bonds is 1. The number of nitrogens with one attached hydrogen (secondary N) is 1. The van der Waals surface area contributed by atoms with Gasteiger partial charge in [0.15, 0.2) is 0 Å². The quantitative estimate of drug-likeness (QED) is 0.693. The fraction of sp³-hybridized carbons (Fsp3) is 0.364. The molecule has 1 amide bonds. The first kappa shape index (κ1) is 8.30. The van der Waals surface area contributed by atoms with E-state index in [-0.39, 0.29) is 17.9 Å². The third-order valence-corrected chi connectivity index (χ3v) is 2.56. The van der Waals surface area contributed by atoms with Crippen LogP contribution in [0.2, 0.25) is 0 Å². The third-order valence-electron chi connectivity index (χ3n) is 2.56. The maximum atomic E-state index is 11.2. The van der Waals surface area contributed by atoms with Gasteiger partial charge >= 0.3 is 0 Å². The van der Waals surface area contributed by atoms with Gasteiger partial charge in [0.2, 0.25) is 5.91 Å². The monoisotopic (exact) mass is 175 g/mol. The zero-order chi connectivity index (χ0) is 9.26. The number of amides is 1. The fourth-order valence-corrected chi connectivity index (χ4v) is 1.74. The van der Waals surface area contributed by atoms with Crippen molar-refractivity contribution in [2.24, 2.45) is 5.92 Å². The van der Waals surface area contributed by atoms with Crippen LogP contribution in [0, 0.1) is 5.92 Å². The first-order valence-corrected chi connectivity index (χ1v) is 4.62. The molecule has 2 nitrogen and oxygen atoms in total. The van der Waals surface area contributed by atoms with Crippen molar-refractivity contribution in [2.75, 3.05) is 0 Å². The summed E-state index contributed by atoms with van der Waals surface area (Å²) in [6.07, 6.45) is 0.919. The molecular formula is C11H13NO. The van der Waals surface area contributed by atoms with Crippen LogP contribution in [0.1, 0.15) is 24.9 Å². The molecule has 1 unspecified atom stereocenters. The minimum atomic E-state index is 0.158. The highest BCUT2D eigenvalue weighted by atomic mass is 16.2. The van der Waals surface area contributed by atoms with E-state index in [0.29, 0.717) is 0 Å². The average molecular weight is 175 g/mol. The molecule has 1 fully saturated rings. The standard InChI is InChI=1S/C11H13NO/c1-8-7-10(12-11(8)13)9-5-3-2-4-6-9/h2-6,8,10H,7H2,1H3,(H,12,13)/t8-,10?/m1/s1. The maximum absolute atomic E-state index is 11.2. The molecular weight excluding hydrogens is 162 g/mol. The molecule has 0 aromatic heterocycles. The van der Waals surface area contributed by atoms with Crippen LogP contribution in [0.25, 0.3) is 0 Å². The highest BCUT2D eigenvalue weighted by molar-refractivity contribution is 5.81. The van der Waals surface area contributed by atoms with E-state index < -0.39 is 0 Å². The number of hydrogen-bond donors (Lipinski definition) is 1. The predicted octanol–water partition coefficient (Wildman–Crippen LogP) is 1.88. The highest BCUT2D eigenvalue weighted by Gasteiger charge is 2.28. The lowest BCUT2D eigenvalue weighted by molar-refractivity contribution is -0.122. The summed E-state index contributed by atoms with van der Waals surface area (Å²) < 4.78 is 0. The number of carbonyl (C=O) groups excluding carboxylic acids is 1. The Bertz CT molecular complexity index is 307. The molecule has 1 aliphatic heterocycles. The van der Waals surface area contributed by atoms with Crippen molar-refractivity contribution >= 4 is 5.91 Å². The molecule has 2 rings (SSSR count). The van der Waals surface area contributed by atoms with E-state index in [0.717, 1.165) is 6.42 Å². The Morgan fingerprint density at radius 3 is 2.54 bits per heavy atom. The molecule has 1 saturated heterocycles. The number of hydrogen-bond acceptors (Lipinski definition) is 1. The number of carbonyl (C=O) groups is 1. The summed E-state index contributed by atoms with van der Waals surface area (Å²) in [6.45, 7) is 1.97. The Hall–Kier alpha value is -1.31. The molecule has 0 spiro atoms. The summed E-state index contributed by atoms with van der Waals surface area (Å²) in [6, 6.07) is 10.3. The highest BCUT2D eigenvalue weighted by Crippen LogP contribution is 2.26. The Balaban J connectivity index is 2.17. The van der Waals surface area contributed by atoms with E-state index in [1.165, 1.54) is 5.56 Å². The van der Waals surface area contributed by atoms with Crippen LogP contribution in [-0.2, 0) is 4.79 Å². The topological polar surface area (TPSA) is 29.1 Å². The second kappa shape index (κ2) is 3.21. The van der Waals surface area contributed by atoms with E-state index in [1.807, 2.05) is 25.1 Å². The van der Waals surface area contributed by atoms with Crippen molar-refractivity contribution in [2.45, 2.75) is 19.4 Å². The van der Waals surface area contributed by atoms with Crippen molar-refractivity contribution in [3.05, 3.63) is 35.9 Å². The summed E-state index contributed by atoms with van der Waals surface area (Å²) in [4.78, 5) is 11.2. The van der Waals surface area contributed by atoms with Crippen molar-refractivity contribution in [3.63, 3.8) is 0 Å². The van der Waals surface area contributed by atoms with E-state index in [9.17, 15) is 4.79 Å². The van der Waals surface area contributed by atoms with Gasteiger partial charge in [-0.3, -0.25) is 4.79 Å². The first-order chi connectivity index (χ1) is 6.27. The molecule has 0 saturated carbocycles. The molecule has 1 aromatic rings. The molecule has 2 heteroatoms. The summed E-state index contributed by atoms with van der Waals surface area (Å²) >= 11 is 0. The Morgan fingerprint density at radius 1 is 1.31 bits per heavy atom. The summed E-state index contributed by atoms with van der Waals surface area (Å²) in [5, 5.41) is 2.98. The molecule has 1 N–H and O–H groups in total. The van der Waals surface area contributed by atoms with Crippen molar-refractivity contribution in [3.8, 4) is 0 Å². The lowest BCUT2D eigenvalue weighted by Crippen LogP contribution is -2.20. The molecule has 0 bridgehead atoms. The Morgan fingerprint density at radius 2 is 2.00 bits per heavy atom. The maximum Gasteiger partial charge on any atom is 0.223 e. The average Bonchev–Trinajstić information content (AvgIpc) is 2.49. The first-order valence-electron chi connectivity index (χ1n) is 4.62. The van der Waals surface area contributed by atoms with Gasteiger partial charge in [-0.2, -0.15) is 0 Å². The molecule has 0 radical (unpaired) electrons. The van der Waals surface area contributed by atoms with Crippen LogP contribution in [0.15, 0.2) is 30.3 Å². The van der Waals surface area contributed by atoms with Crippen LogP contribution in [-0.4, -0.2) is 5.91 Å². The van der Waals surface area contributed by atoms with Crippen molar-refractivity contribution < 1.29 is 4.79 Å². The van der Waals surface area contributed by atoms with Gasteiger partial charge in [0.1, 0.15) is 0 Å². The van der Waals surface area contributed by atoms with Gasteiger partial charge in [0, 0.05) is 5.92 Å². The third kappa shape index (κ3) is 1.57. The van der Waals surface area contributed by atoms with Crippen LogP contribution < -0.4 is 5.32 Å². The molecule has 1 aromatic carbocycles. The second-order valence-corrected chi connectivity index (χ2v) is 3.61. The van der Waals surface area contributed by atoms with Gasteiger partial charge in [-0.25, -0.2) is 0 Å². The second-order valence-electron chi connectivity index (χ2n) is 3.61. The smallest absolute Gasteiger partial charge is 0.223 e. The molecule has 0 aliphatic carbocycles.